The molecule has 0 radical (unpaired) electrons. The molecule has 1 saturated heterocycles. The summed E-state index contributed by atoms with van der Waals surface area (Å²) >= 11 is 0. The minimum absolute atomic E-state index is 0.0199. The van der Waals surface area contributed by atoms with Crippen molar-refractivity contribution in [2.75, 3.05) is 37.7 Å². The van der Waals surface area contributed by atoms with E-state index in [4.69, 9.17) is 4.74 Å². The summed E-state index contributed by atoms with van der Waals surface area (Å²) in [6.45, 7) is 3.92. The minimum Gasteiger partial charge on any atom is -0.484 e. The summed E-state index contributed by atoms with van der Waals surface area (Å²) in [4.78, 5) is 15.8. The zero-order valence-corrected chi connectivity index (χ0v) is 14.0. The normalized spacial score (nSPS) is 14.5. The molecule has 0 spiro atoms. The van der Waals surface area contributed by atoms with Crippen molar-refractivity contribution in [1.29, 1.82) is 0 Å². The van der Waals surface area contributed by atoms with Gasteiger partial charge in [-0.15, -0.1) is 0 Å². The van der Waals surface area contributed by atoms with Gasteiger partial charge in [-0.05, 0) is 31.2 Å². The van der Waals surface area contributed by atoms with Gasteiger partial charge in [0.2, 0.25) is 0 Å². The Kier molecular flexibility index (Phi) is 5.16. The predicted molar refractivity (Wildman–Crippen MR) is 91.8 cm³/mol. The highest BCUT2D eigenvalue weighted by atomic mass is 19.1. The number of amides is 1. The first-order chi connectivity index (χ1) is 12.0. The van der Waals surface area contributed by atoms with Gasteiger partial charge in [0.1, 0.15) is 17.4 Å². The molecule has 132 valence electrons. The number of carbonyl (C=O) groups excluding carboxylic acids is 1. The Hall–Kier alpha value is -2.63. The molecule has 0 bridgehead atoms. The molecule has 25 heavy (non-hydrogen) atoms. The SMILES string of the molecule is Cc1ccc(OCC(=O)N2CCN(c3ccc(F)cc3F)CC2)cc1. The fraction of sp³-hybridized carbons (Fsp3) is 0.316. The van der Waals surface area contributed by atoms with Crippen molar-refractivity contribution in [3.63, 3.8) is 0 Å². The molecule has 1 aliphatic heterocycles. The first-order valence-corrected chi connectivity index (χ1v) is 8.20. The number of carbonyl (C=O) groups is 1. The van der Waals surface area contributed by atoms with Gasteiger partial charge in [-0.1, -0.05) is 17.7 Å². The number of hydrogen-bond acceptors (Lipinski definition) is 3. The Bertz CT molecular complexity index is 742. The number of benzene rings is 2. The van der Waals surface area contributed by atoms with Gasteiger partial charge in [-0.2, -0.15) is 0 Å². The Morgan fingerprint density at radius 1 is 1.04 bits per heavy atom. The predicted octanol–water partition coefficient (Wildman–Crippen LogP) is 3.00. The maximum absolute atomic E-state index is 13.8. The highest BCUT2D eigenvalue weighted by molar-refractivity contribution is 5.78. The van der Waals surface area contributed by atoms with E-state index in [9.17, 15) is 13.6 Å². The van der Waals surface area contributed by atoms with Crippen LogP contribution in [0.1, 0.15) is 5.56 Å². The summed E-state index contributed by atoms with van der Waals surface area (Å²) < 4.78 is 32.4. The van der Waals surface area contributed by atoms with Gasteiger partial charge < -0.3 is 14.5 Å². The van der Waals surface area contributed by atoms with Crippen LogP contribution in [0.2, 0.25) is 0 Å². The first kappa shape index (κ1) is 17.2. The van der Waals surface area contributed by atoms with Crippen molar-refractivity contribution in [3.05, 3.63) is 59.7 Å². The van der Waals surface area contributed by atoms with Gasteiger partial charge in [0.15, 0.2) is 6.61 Å². The smallest absolute Gasteiger partial charge is 0.260 e. The van der Waals surface area contributed by atoms with E-state index in [1.807, 2.05) is 36.1 Å². The molecule has 6 heteroatoms. The van der Waals surface area contributed by atoms with Crippen LogP contribution in [0.15, 0.2) is 42.5 Å². The van der Waals surface area contributed by atoms with E-state index in [1.165, 1.54) is 12.1 Å². The van der Waals surface area contributed by atoms with E-state index >= 15 is 0 Å². The van der Waals surface area contributed by atoms with Crippen LogP contribution in [0, 0.1) is 18.6 Å². The average Bonchev–Trinajstić information content (AvgIpc) is 2.61. The number of hydrogen-bond donors (Lipinski definition) is 0. The Morgan fingerprint density at radius 3 is 2.36 bits per heavy atom. The van der Waals surface area contributed by atoms with Crippen molar-refractivity contribution < 1.29 is 18.3 Å². The fourth-order valence-electron chi connectivity index (χ4n) is 2.81. The fourth-order valence-corrected chi connectivity index (χ4v) is 2.81. The summed E-state index contributed by atoms with van der Waals surface area (Å²) in [5.41, 5.74) is 1.49. The molecule has 3 rings (SSSR count). The number of aryl methyl sites for hydroxylation is 1. The van der Waals surface area contributed by atoms with E-state index < -0.39 is 11.6 Å². The number of halogens is 2. The topological polar surface area (TPSA) is 32.8 Å². The summed E-state index contributed by atoms with van der Waals surface area (Å²) in [6.07, 6.45) is 0. The molecule has 4 nitrogen and oxygen atoms in total. The van der Waals surface area contributed by atoms with Gasteiger partial charge in [-0.3, -0.25) is 4.79 Å². The largest absolute Gasteiger partial charge is 0.484 e. The lowest BCUT2D eigenvalue weighted by molar-refractivity contribution is -0.133. The molecule has 0 atom stereocenters. The van der Waals surface area contributed by atoms with Crippen LogP contribution in [0.4, 0.5) is 14.5 Å². The molecule has 1 amide bonds. The van der Waals surface area contributed by atoms with E-state index in [0.717, 1.165) is 11.6 Å². The molecule has 0 N–H and O–H groups in total. The zero-order chi connectivity index (χ0) is 17.8. The third-order valence-corrected chi connectivity index (χ3v) is 4.27. The van der Waals surface area contributed by atoms with Gasteiger partial charge in [0.05, 0.1) is 5.69 Å². The van der Waals surface area contributed by atoms with Crippen molar-refractivity contribution in [1.82, 2.24) is 4.90 Å². The second kappa shape index (κ2) is 7.51. The van der Waals surface area contributed by atoms with Crippen LogP contribution < -0.4 is 9.64 Å². The van der Waals surface area contributed by atoms with Gasteiger partial charge in [0.25, 0.3) is 5.91 Å². The van der Waals surface area contributed by atoms with Gasteiger partial charge in [0, 0.05) is 32.2 Å². The van der Waals surface area contributed by atoms with Crippen LogP contribution in [-0.2, 0) is 4.79 Å². The minimum atomic E-state index is -0.594. The number of nitrogens with zero attached hydrogens (tertiary/aromatic N) is 2. The second-order valence-corrected chi connectivity index (χ2v) is 6.07. The Balaban J connectivity index is 1.51. The molecule has 0 saturated carbocycles. The van der Waals surface area contributed by atoms with Crippen molar-refractivity contribution in [2.24, 2.45) is 0 Å². The highest BCUT2D eigenvalue weighted by Gasteiger charge is 2.23. The summed E-state index contributed by atoms with van der Waals surface area (Å²) in [5, 5.41) is 0. The lowest BCUT2D eigenvalue weighted by Gasteiger charge is -2.36. The molecular formula is C19H20F2N2O2. The average molecular weight is 346 g/mol. The number of ether oxygens (including phenoxy) is 1. The third-order valence-electron chi connectivity index (χ3n) is 4.27. The lowest BCUT2D eigenvalue weighted by atomic mass is 10.2. The molecule has 1 aliphatic rings. The molecule has 2 aromatic rings. The number of piperazine rings is 1. The second-order valence-electron chi connectivity index (χ2n) is 6.07. The maximum atomic E-state index is 13.8. The molecule has 0 unspecified atom stereocenters. The zero-order valence-electron chi connectivity index (χ0n) is 14.0. The molecule has 1 fully saturated rings. The standard InChI is InChI=1S/C19H20F2N2O2/c1-14-2-5-16(6-3-14)25-13-19(24)23-10-8-22(9-11-23)18-7-4-15(20)12-17(18)21/h2-7,12H,8-11,13H2,1H3. The summed E-state index contributed by atoms with van der Waals surface area (Å²) in [7, 11) is 0. The first-order valence-electron chi connectivity index (χ1n) is 8.20. The molecule has 0 aromatic heterocycles. The van der Waals surface area contributed by atoms with Crippen LogP contribution in [-0.4, -0.2) is 43.6 Å². The van der Waals surface area contributed by atoms with Crippen LogP contribution >= 0.6 is 0 Å². The third kappa shape index (κ3) is 4.26. The molecular weight excluding hydrogens is 326 g/mol. The van der Waals surface area contributed by atoms with Gasteiger partial charge in [-0.25, -0.2) is 8.78 Å². The Labute approximate surface area is 145 Å². The van der Waals surface area contributed by atoms with Crippen molar-refractivity contribution in [2.45, 2.75) is 6.92 Å². The summed E-state index contributed by atoms with van der Waals surface area (Å²) in [5.74, 6) is -0.614. The lowest BCUT2D eigenvalue weighted by Crippen LogP contribution is -2.50. The van der Waals surface area contributed by atoms with E-state index in [-0.39, 0.29) is 12.5 Å². The summed E-state index contributed by atoms with van der Waals surface area (Å²) in [6, 6.07) is 11.1. The quantitative estimate of drug-likeness (QED) is 0.853. The number of anilines is 1. The van der Waals surface area contributed by atoms with E-state index in [0.29, 0.717) is 37.6 Å². The van der Waals surface area contributed by atoms with Crippen molar-refractivity contribution >= 4 is 11.6 Å². The van der Waals surface area contributed by atoms with Gasteiger partial charge >= 0.3 is 0 Å². The highest BCUT2D eigenvalue weighted by Crippen LogP contribution is 2.21. The van der Waals surface area contributed by atoms with Crippen LogP contribution in [0.5, 0.6) is 5.75 Å². The van der Waals surface area contributed by atoms with Crippen LogP contribution in [0.25, 0.3) is 0 Å². The maximum Gasteiger partial charge on any atom is 0.260 e. The van der Waals surface area contributed by atoms with E-state index in [1.54, 1.807) is 4.90 Å². The van der Waals surface area contributed by atoms with Crippen molar-refractivity contribution in [3.8, 4) is 5.75 Å². The number of rotatable bonds is 4. The Morgan fingerprint density at radius 2 is 1.72 bits per heavy atom. The van der Waals surface area contributed by atoms with E-state index in [2.05, 4.69) is 0 Å². The molecule has 0 aliphatic carbocycles. The van der Waals surface area contributed by atoms with Crippen LogP contribution in [0.3, 0.4) is 0 Å². The molecule has 1 heterocycles. The molecule has 2 aromatic carbocycles. The monoisotopic (exact) mass is 346 g/mol.